The van der Waals surface area contributed by atoms with Crippen LogP contribution in [0.5, 0.6) is 5.75 Å². The lowest BCUT2D eigenvalue weighted by molar-refractivity contribution is -0.144. The lowest BCUT2D eigenvalue weighted by atomic mass is 10.0. The van der Waals surface area contributed by atoms with Crippen LogP contribution in [0.3, 0.4) is 0 Å². The molecule has 0 aromatic heterocycles. The molecule has 4 aromatic carbocycles. The number of hydrogen-bond donors (Lipinski definition) is 2. The Balaban J connectivity index is 1.56. The van der Waals surface area contributed by atoms with Crippen LogP contribution in [-0.4, -0.2) is 23.0 Å². The topological polar surface area (TPSA) is 79.2 Å². The summed E-state index contributed by atoms with van der Waals surface area (Å²) >= 11 is 0. The first-order valence-corrected chi connectivity index (χ1v) is 11.4. The van der Waals surface area contributed by atoms with Crippen LogP contribution in [0.15, 0.2) is 110 Å². The Morgan fingerprint density at radius 1 is 0.694 bits per heavy atom. The SMILES string of the molecule is C=CC(=O)OCOc1ccc(-c2ccc(N(c3ccc(CO)cc3)c3ccc(CO)cc3)cc2)cc1. The number of esters is 1. The average Bonchev–Trinajstić information content (AvgIpc) is 2.94. The molecule has 0 unspecified atom stereocenters. The van der Waals surface area contributed by atoms with Gasteiger partial charge in [0, 0.05) is 23.1 Å². The van der Waals surface area contributed by atoms with Gasteiger partial charge in [0.1, 0.15) is 5.75 Å². The van der Waals surface area contributed by atoms with Crippen molar-refractivity contribution in [3.63, 3.8) is 0 Å². The van der Waals surface area contributed by atoms with Gasteiger partial charge in [-0.05, 0) is 70.8 Å². The van der Waals surface area contributed by atoms with Gasteiger partial charge in [-0.3, -0.25) is 0 Å². The number of rotatable bonds is 10. The number of aliphatic hydroxyl groups is 2. The number of ether oxygens (including phenoxy) is 2. The Morgan fingerprint density at radius 3 is 1.53 bits per heavy atom. The van der Waals surface area contributed by atoms with Gasteiger partial charge < -0.3 is 24.6 Å². The largest absolute Gasteiger partial charge is 0.457 e. The summed E-state index contributed by atoms with van der Waals surface area (Å²) < 4.78 is 10.3. The smallest absolute Gasteiger partial charge is 0.333 e. The molecule has 0 saturated heterocycles. The summed E-state index contributed by atoms with van der Waals surface area (Å²) in [5.74, 6) is 0.0606. The molecule has 182 valence electrons. The molecule has 2 N–H and O–H groups in total. The Bertz CT molecular complexity index is 1230. The van der Waals surface area contributed by atoms with Crippen molar-refractivity contribution in [2.24, 2.45) is 0 Å². The number of hydrogen-bond acceptors (Lipinski definition) is 6. The summed E-state index contributed by atoms with van der Waals surface area (Å²) in [4.78, 5) is 13.2. The number of carbonyl (C=O) groups is 1. The molecule has 6 heteroatoms. The van der Waals surface area contributed by atoms with Crippen molar-refractivity contribution < 1.29 is 24.5 Å². The molecule has 0 atom stereocenters. The monoisotopic (exact) mass is 481 g/mol. The molecule has 0 fully saturated rings. The van der Waals surface area contributed by atoms with Crippen molar-refractivity contribution in [2.45, 2.75) is 13.2 Å². The summed E-state index contributed by atoms with van der Waals surface area (Å²) in [6.45, 7) is 3.15. The van der Waals surface area contributed by atoms with Crippen LogP contribution in [0, 0.1) is 0 Å². The van der Waals surface area contributed by atoms with Gasteiger partial charge in [0.2, 0.25) is 6.79 Å². The Morgan fingerprint density at radius 2 is 1.11 bits per heavy atom. The van der Waals surface area contributed by atoms with Gasteiger partial charge in [0.05, 0.1) is 13.2 Å². The highest BCUT2D eigenvalue weighted by Crippen LogP contribution is 2.36. The number of anilines is 3. The maximum Gasteiger partial charge on any atom is 0.333 e. The van der Waals surface area contributed by atoms with Crippen LogP contribution in [0.4, 0.5) is 17.1 Å². The third kappa shape index (κ3) is 5.99. The summed E-state index contributed by atoms with van der Waals surface area (Å²) in [5.41, 5.74) is 6.62. The van der Waals surface area contributed by atoms with Crippen LogP contribution in [0.25, 0.3) is 11.1 Å². The third-order valence-electron chi connectivity index (χ3n) is 5.66. The summed E-state index contributed by atoms with van der Waals surface area (Å²) in [6, 6.07) is 31.3. The fraction of sp³-hybridized carbons (Fsp3) is 0.100. The highest BCUT2D eigenvalue weighted by molar-refractivity contribution is 5.81. The molecule has 0 amide bonds. The van der Waals surface area contributed by atoms with Gasteiger partial charge in [0.25, 0.3) is 0 Å². The lowest BCUT2D eigenvalue weighted by Crippen LogP contribution is -2.10. The zero-order chi connectivity index (χ0) is 25.3. The first-order chi connectivity index (χ1) is 17.6. The van der Waals surface area contributed by atoms with Gasteiger partial charge in [-0.25, -0.2) is 4.79 Å². The molecule has 0 radical (unpaired) electrons. The highest BCUT2D eigenvalue weighted by atomic mass is 16.7. The quantitative estimate of drug-likeness (QED) is 0.167. The number of aliphatic hydroxyl groups excluding tert-OH is 2. The van der Waals surface area contributed by atoms with E-state index in [1.807, 2.05) is 97.1 Å². The van der Waals surface area contributed by atoms with E-state index < -0.39 is 5.97 Å². The summed E-state index contributed by atoms with van der Waals surface area (Å²) in [7, 11) is 0. The first kappa shape index (κ1) is 24.7. The van der Waals surface area contributed by atoms with Gasteiger partial charge in [-0.2, -0.15) is 0 Å². The molecule has 36 heavy (non-hydrogen) atoms. The zero-order valence-corrected chi connectivity index (χ0v) is 19.7. The number of benzene rings is 4. The lowest BCUT2D eigenvalue weighted by Gasteiger charge is -2.26. The van der Waals surface area contributed by atoms with Crippen LogP contribution in [0.1, 0.15) is 11.1 Å². The van der Waals surface area contributed by atoms with Crippen LogP contribution in [0.2, 0.25) is 0 Å². The van der Waals surface area contributed by atoms with E-state index in [0.717, 1.165) is 45.4 Å². The molecule has 0 heterocycles. The second-order valence-electron chi connectivity index (χ2n) is 7.99. The Labute approximate surface area is 210 Å². The van der Waals surface area contributed by atoms with E-state index in [0.29, 0.717) is 5.75 Å². The van der Waals surface area contributed by atoms with E-state index >= 15 is 0 Å². The number of carbonyl (C=O) groups excluding carboxylic acids is 1. The first-order valence-electron chi connectivity index (χ1n) is 11.4. The van der Waals surface area contributed by atoms with E-state index in [1.54, 1.807) is 0 Å². The maximum atomic E-state index is 11.1. The van der Waals surface area contributed by atoms with Gasteiger partial charge in [0.15, 0.2) is 0 Å². The molecule has 0 spiro atoms. The molecular weight excluding hydrogens is 454 g/mol. The standard InChI is InChI=1S/C30H27NO5/c1-2-30(34)36-21-35-29-17-9-25(10-18-29)24-7-15-28(16-8-24)31(26-11-3-22(19-32)4-12-26)27-13-5-23(20-33)6-14-27/h2-18,32-33H,1,19-21H2. The molecule has 0 aliphatic heterocycles. The van der Waals surface area contributed by atoms with E-state index in [4.69, 9.17) is 9.47 Å². The van der Waals surface area contributed by atoms with Gasteiger partial charge in [-0.1, -0.05) is 55.1 Å². The van der Waals surface area contributed by atoms with Crippen molar-refractivity contribution in [3.05, 3.63) is 121 Å². The molecule has 0 saturated carbocycles. The fourth-order valence-corrected chi connectivity index (χ4v) is 3.71. The summed E-state index contributed by atoms with van der Waals surface area (Å²) in [6.07, 6.45) is 1.09. The van der Waals surface area contributed by atoms with Crippen molar-refractivity contribution in [1.82, 2.24) is 0 Å². The molecule has 0 aliphatic carbocycles. The minimum absolute atomic E-state index is 0.00994. The fourth-order valence-electron chi connectivity index (χ4n) is 3.71. The van der Waals surface area contributed by atoms with Crippen LogP contribution in [-0.2, 0) is 22.7 Å². The van der Waals surface area contributed by atoms with Gasteiger partial charge >= 0.3 is 5.97 Å². The highest BCUT2D eigenvalue weighted by Gasteiger charge is 2.13. The second kappa shape index (κ2) is 11.8. The summed E-state index contributed by atoms with van der Waals surface area (Å²) in [5, 5.41) is 18.8. The average molecular weight is 482 g/mol. The van der Waals surface area contributed by atoms with Crippen molar-refractivity contribution in [1.29, 1.82) is 0 Å². The Kier molecular flexibility index (Phi) is 8.13. The van der Waals surface area contributed by atoms with Crippen LogP contribution >= 0.6 is 0 Å². The Hall–Kier alpha value is -4.39. The molecule has 0 aliphatic rings. The normalized spacial score (nSPS) is 10.5. The predicted octanol–water partition coefficient (Wildman–Crippen LogP) is 5.87. The van der Waals surface area contributed by atoms with Crippen molar-refractivity contribution in [3.8, 4) is 16.9 Å². The third-order valence-corrected chi connectivity index (χ3v) is 5.66. The molecular formula is C30H27NO5. The van der Waals surface area contributed by atoms with E-state index in [-0.39, 0.29) is 20.0 Å². The maximum absolute atomic E-state index is 11.1. The van der Waals surface area contributed by atoms with Gasteiger partial charge in [-0.15, -0.1) is 0 Å². The second-order valence-corrected chi connectivity index (χ2v) is 7.99. The molecule has 0 bridgehead atoms. The number of nitrogens with zero attached hydrogens (tertiary/aromatic N) is 1. The zero-order valence-electron chi connectivity index (χ0n) is 19.7. The van der Waals surface area contributed by atoms with E-state index in [9.17, 15) is 15.0 Å². The predicted molar refractivity (Wildman–Crippen MR) is 140 cm³/mol. The van der Waals surface area contributed by atoms with Crippen molar-refractivity contribution >= 4 is 23.0 Å². The van der Waals surface area contributed by atoms with E-state index in [2.05, 4.69) is 11.5 Å². The van der Waals surface area contributed by atoms with E-state index in [1.165, 1.54) is 0 Å². The minimum atomic E-state index is -0.533. The molecule has 6 nitrogen and oxygen atoms in total. The molecule has 4 aromatic rings. The van der Waals surface area contributed by atoms with Crippen LogP contribution < -0.4 is 9.64 Å². The minimum Gasteiger partial charge on any atom is -0.457 e. The van der Waals surface area contributed by atoms with Crippen molar-refractivity contribution in [2.75, 3.05) is 11.7 Å². The molecule has 4 rings (SSSR count).